The van der Waals surface area contributed by atoms with Crippen LogP contribution in [0.15, 0.2) is 60.9 Å². The molecule has 5 rings (SSSR count). The molecule has 1 fully saturated rings. The minimum Gasteiger partial charge on any atom is -0.457 e. The van der Waals surface area contributed by atoms with Gasteiger partial charge >= 0.3 is 0 Å². The minimum absolute atomic E-state index is 0.116. The van der Waals surface area contributed by atoms with Crippen molar-refractivity contribution in [3.8, 4) is 22.8 Å². The van der Waals surface area contributed by atoms with Crippen molar-refractivity contribution in [2.75, 3.05) is 18.8 Å². The lowest BCUT2D eigenvalue weighted by molar-refractivity contribution is -0.136. The molecule has 0 bridgehead atoms. The monoisotopic (exact) mass is 487 g/mol. The normalized spacial score (nSPS) is 17.6. The third-order valence-corrected chi connectivity index (χ3v) is 6.48. The van der Waals surface area contributed by atoms with Crippen LogP contribution in [0.4, 0.5) is 5.82 Å². The Kier molecular flexibility index (Phi) is 6.53. The molecule has 1 saturated heterocycles. The first-order chi connectivity index (χ1) is 17.4. The van der Waals surface area contributed by atoms with Crippen molar-refractivity contribution < 1.29 is 14.6 Å². The van der Waals surface area contributed by atoms with Gasteiger partial charge < -0.3 is 26.2 Å². The van der Waals surface area contributed by atoms with Crippen molar-refractivity contribution in [1.29, 1.82) is 0 Å². The molecule has 3 unspecified atom stereocenters. The van der Waals surface area contributed by atoms with Crippen molar-refractivity contribution in [3.63, 3.8) is 0 Å². The van der Waals surface area contributed by atoms with Gasteiger partial charge in [0.15, 0.2) is 5.65 Å². The zero-order valence-electron chi connectivity index (χ0n) is 20.0. The van der Waals surface area contributed by atoms with Gasteiger partial charge in [0.2, 0.25) is 5.91 Å². The van der Waals surface area contributed by atoms with E-state index in [0.717, 1.165) is 24.2 Å². The van der Waals surface area contributed by atoms with Gasteiger partial charge in [0.1, 0.15) is 35.4 Å². The van der Waals surface area contributed by atoms with Gasteiger partial charge in [0.05, 0.1) is 17.5 Å². The third kappa shape index (κ3) is 4.60. The summed E-state index contributed by atoms with van der Waals surface area (Å²) in [6.07, 6.45) is 2.10. The van der Waals surface area contributed by atoms with Crippen LogP contribution < -0.4 is 16.2 Å². The number of ether oxygens (including phenoxy) is 1. The zero-order chi connectivity index (χ0) is 25.2. The van der Waals surface area contributed by atoms with Gasteiger partial charge in [-0.3, -0.25) is 4.79 Å². The van der Waals surface area contributed by atoms with E-state index in [1.807, 2.05) is 59.3 Å². The second kappa shape index (κ2) is 9.92. The summed E-state index contributed by atoms with van der Waals surface area (Å²) in [4.78, 5) is 23.1. The molecule has 0 aliphatic carbocycles. The molecule has 1 amide bonds. The van der Waals surface area contributed by atoms with Crippen LogP contribution in [0.25, 0.3) is 22.3 Å². The molecule has 1 aliphatic rings. The van der Waals surface area contributed by atoms with Gasteiger partial charge in [-0.25, -0.2) is 14.6 Å². The maximum atomic E-state index is 12.8. The summed E-state index contributed by atoms with van der Waals surface area (Å²) in [7, 11) is 0. The van der Waals surface area contributed by atoms with Gasteiger partial charge in [0, 0.05) is 18.7 Å². The van der Waals surface area contributed by atoms with Crippen LogP contribution >= 0.6 is 0 Å². The Hall–Kier alpha value is -4.02. The molecular formula is C26H29N7O3. The van der Waals surface area contributed by atoms with Crippen molar-refractivity contribution in [3.05, 3.63) is 60.9 Å². The second-order valence-corrected chi connectivity index (χ2v) is 9.04. The molecule has 186 valence electrons. The number of para-hydroxylation sites is 1. The highest BCUT2D eigenvalue weighted by Crippen LogP contribution is 2.35. The summed E-state index contributed by atoms with van der Waals surface area (Å²) in [6.45, 7) is 2.53. The average molecular weight is 488 g/mol. The SMILES string of the molecule is CC(O)C(N)C(=O)N1CCCC(n2nc(-c3ccc(Oc4ccccc4)cc3)c3c(N)ncnc32)C1. The molecule has 0 saturated carbocycles. The number of piperidine rings is 1. The number of amides is 1. The molecule has 4 aromatic rings. The highest BCUT2D eigenvalue weighted by Gasteiger charge is 2.32. The Bertz CT molecular complexity index is 1360. The minimum atomic E-state index is -0.955. The number of benzene rings is 2. The number of likely N-dealkylation sites (tertiary alicyclic amines) is 1. The molecule has 3 heterocycles. The number of aromatic nitrogens is 4. The van der Waals surface area contributed by atoms with Gasteiger partial charge in [-0.15, -0.1) is 0 Å². The highest BCUT2D eigenvalue weighted by atomic mass is 16.5. The maximum Gasteiger partial charge on any atom is 0.242 e. The first-order valence-electron chi connectivity index (χ1n) is 12.0. The number of rotatable bonds is 6. The molecule has 3 atom stereocenters. The zero-order valence-corrected chi connectivity index (χ0v) is 20.0. The number of nitrogens with zero attached hydrogens (tertiary/aromatic N) is 5. The van der Waals surface area contributed by atoms with Gasteiger partial charge in [-0.1, -0.05) is 18.2 Å². The number of aliphatic hydroxyl groups excluding tert-OH is 1. The number of anilines is 1. The predicted octanol–water partition coefficient (Wildman–Crippen LogP) is 2.74. The number of hydrogen-bond donors (Lipinski definition) is 3. The Morgan fingerprint density at radius 2 is 1.83 bits per heavy atom. The van der Waals surface area contributed by atoms with Crippen LogP contribution in [0, 0.1) is 0 Å². The van der Waals surface area contributed by atoms with Gasteiger partial charge in [-0.05, 0) is 56.2 Å². The van der Waals surface area contributed by atoms with E-state index in [1.54, 1.807) is 4.90 Å². The van der Waals surface area contributed by atoms with Crippen LogP contribution in [0.1, 0.15) is 25.8 Å². The fourth-order valence-corrected chi connectivity index (χ4v) is 4.53. The Labute approximate surface area is 208 Å². The molecule has 0 spiro atoms. The highest BCUT2D eigenvalue weighted by molar-refractivity contribution is 5.98. The molecule has 0 radical (unpaired) electrons. The van der Waals surface area contributed by atoms with Crippen molar-refractivity contribution in [2.45, 2.75) is 38.0 Å². The quantitative estimate of drug-likeness (QED) is 0.376. The third-order valence-electron chi connectivity index (χ3n) is 6.48. The second-order valence-electron chi connectivity index (χ2n) is 9.04. The Morgan fingerprint density at radius 1 is 1.11 bits per heavy atom. The number of hydrogen-bond acceptors (Lipinski definition) is 8. The van der Waals surface area contributed by atoms with Crippen molar-refractivity contribution in [1.82, 2.24) is 24.6 Å². The van der Waals surface area contributed by atoms with Gasteiger partial charge in [0.25, 0.3) is 0 Å². The topological polar surface area (TPSA) is 145 Å². The first kappa shape index (κ1) is 23.7. The van der Waals surface area contributed by atoms with E-state index in [4.69, 9.17) is 21.3 Å². The van der Waals surface area contributed by atoms with E-state index in [2.05, 4.69) is 9.97 Å². The summed E-state index contributed by atoms with van der Waals surface area (Å²) >= 11 is 0. The van der Waals surface area contributed by atoms with Gasteiger partial charge in [-0.2, -0.15) is 5.10 Å². The molecule has 36 heavy (non-hydrogen) atoms. The van der Waals surface area contributed by atoms with E-state index in [-0.39, 0.29) is 11.9 Å². The molecule has 1 aliphatic heterocycles. The maximum absolute atomic E-state index is 12.8. The summed E-state index contributed by atoms with van der Waals surface area (Å²) in [5, 5.41) is 15.3. The van der Waals surface area contributed by atoms with Crippen LogP contribution in [-0.2, 0) is 4.79 Å². The van der Waals surface area contributed by atoms with Crippen molar-refractivity contribution >= 4 is 22.8 Å². The molecule has 2 aromatic carbocycles. The lowest BCUT2D eigenvalue weighted by Crippen LogP contribution is -2.52. The lowest BCUT2D eigenvalue weighted by Gasteiger charge is -2.34. The smallest absolute Gasteiger partial charge is 0.242 e. The predicted molar refractivity (Wildman–Crippen MR) is 136 cm³/mol. The molecule has 10 nitrogen and oxygen atoms in total. The number of carbonyl (C=O) groups is 1. The van der Waals surface area contributed by atoms with E-state index in [1.165, 1.54) is 13.3 Å². The van der Waals surface area contributed by atoms with E-state index >= 15 is 0 Å². The van der Waals surface area contributed by atoms with Crippen LogP contribution in [0.5, 0.6) is 11.5 Å². The number of fused-ring (bicyclic) bond motifs is 1. The molecule has 2 aromatic heterocycles. The summed E-state index contributed by atoms with van der Waals surface area (Å²) < 4.78 is 7.75. The number of nitrogens with two attached hydrogens (primary N) is 2. The molecule has 10 heteroatoms. The Morgan fingerprint density at radius 3 is 2.56 bits per heavy atom. The lowest BCUT2D eigenvalue weighted by atomic mass is 10.0. The average Bonchev–Trinajstić information content (AvgIpc) is 3.30. The summed E-state index contributed by atoms with van der Waals surface area (Å²) in [6, 6.07) is 16.1. The fourth-order valence-electron chi connectivity index (χ4n) is 4.53. The fraction of sp³-hybridized carbons (Fsp3) is 0.308. The number of aliphatic hydroxyl groups is 1. The first-order valence-corrected chi connectivity index (χ1v) is 12.0. The largest absolute Gasteiger partial charge is 0.457 e. The van der Waals surface area contributed by atoms with Crippen molar-refractivity contribution in [2.24, 2.45) is 5.73 Å². The Balaban J connectivity index is 1.46. The van der Waals surface area contributed by atoms with E-state index < -0.39 is 12.1 Å². The molecular weight excluding hydrogens is 458 g/mol. The van der Waals surface area contributed by atoms with Crippen LogP contribution in [-0.4, -0.2) is 60.9 Å². The van der Waals surface area contributed by atoms with Crippen LogP contribution in [0.2, 0.25) is 0 Å². The summed E-state index contributed by atoms with van der Waals surface area (Å²) in [5.74, 6) is 1.53. The standard InChI is InChI=1S/C26H29N7O3/c1-16(34)22(27)26(35)32-13-5-6-18(14-32)33-25-21(24(28)29-15-30-25)23(31-33)17-9-11-20(12-10-17)36-19-7-3-2-4-8-19/h2-4,7-12,15-16,18,22,34H,5-6,13-14,27H2,1H3,(H2,28,29,30). The summed E-state index contributed by atoms with van der Waals surface area (Å²) in [5.41, 5.74) is 14.3. The van der Waals surface area contributed by atoms with Crippen LogP contribution in [0.3, 0.4) is 0 Å². The number of nitrogen functional groups attached to an aromatic ring is 1. The molecule has 5 N–H and O–H groups in total. The van der Waals surface area contributed by atoms with E-state index in [9.17, 15) is 9.90 Å². The number of carbonyl (C=O) groups excluding carboxylic acids is 1. The van der Waals surface area contributed by atoms with E-state index in [0.29, 0.717) is 41.4 Å².